The molecule has 660 valence electrons. The van der Waals surface area contributed by atoms with E-state index < -0.39 is 35.6 Å². The first-order valence-electron chi connectivity index (χ1n) is 45.3. The smallest absolute Gasteiger partial charge is 0.423 e. The SMILES string of the molecule is OB(O)c1cccc2c1c1ccccc1n2-c1ccc(-c2ccccc2)cc1.OB(O)c1cccc2c1c1ccccc1n2-c1ccc2ccccc2c1.OB(O)c1cccc2c1c1ccccc1n2-c1cccc(-c2ccccc2)c1.OB(O)c1cccc2c1c1ccccc1n2-c1ccccc1.OB(O)c1cccc2c1c1ccccc1n2-c1nc(-c2ccccc2)nc(-c2ccccc2)n1. The second-order valence-corrected chi connectivity index (χ2v) is 33.5. The molecule has 25 aromatic rings. The van der Waals surface area contributed by atoms with Crippen molar-refractivity contribution in [3.8, 4) is 73.7 Å². The van der Waals surface area contributed by atoms with Gasteiger partial charge in [0.2, 0.25) is 5.95 Å². The molecule has 0 aliphatic carbocycles. The molecule has 0 fully saturated rings. The molecule has 18 nitrogen and oxygen atoms in total. The molecule has 0 bridgehead atoms. The van der Waals surface area contributed by atoms with Gasteiger partial charge in [0.1, 0.15) is 0 Å². The molecular formula is C115H85B5N8O10. The fourth-order valence-electron chi connectivity index (χ4n) is 19.3. The summed E-state index contributed by atoms with van der Waals surface area (Å²) in [6.07, 6.45) is 0. The maximum atomic E-state index is 10.1. The van der Waals surface area contributed by atoms with Crippen LogP contribution < -0.4 is 27.3 Å². The monoisotopic (exact) mass is 1790 g/mol. The Kier molecular flexibility index (Phi) is 24.5. The van der Waals surface area contributed by atoms with Crippen LogP contribution >= 0.6 is 0 Å². The molecule has 10 N–H and O–H groups in total. The van der Waals surface area contributed by atoms with Crippen LogP contribution in [0.15, 0.2) is 455 Å². The van der Waals surface area contributed by atoms with Crippen LogP contribution in [0.5, 0.6) is 0 Å². The van der Waals surface area contributed by atoms with Gasteiger partial charge in [-0.1, -0.05) is 346 Å². The van der Waals surface area contributed by atoms with Gasteiger partial charge in [-0.05, 0) is 170 Å². The Morgan fingerprint density at radius 2 is 0.399 bits per heavy atom. The Hall–Kier alpha value is -16.6. The van der Waals surface area contributed by atoms with E-state index in [-0.39, 0.29) is 0 Å². The van der Waals surface area contributed by atoms with Crippen molar-refractivity contribution in [3.05, 3.63) is 455 Å². The molecule has 6 heterocycles. The fraction of sp³-hybridized carbons (Fsp3) is 0. The summed E-state index contributed by atoms with van der Waals surface area (Å²) >= 11 is 0. The van der Waals surface area contributed by atoms with Crippen LogP contribution in [-0.2, 0) is 0 Å². The predicted molar refractivity (Wildman–Crippen MR) is 566 cm³/mol. The number of fused-ring (bicyclic) bond motifs is 16. The van der Waals surface area contributed by atoms with Crippen molar-refractivity contribution in [3.63, 3.8) is 0 Å². The number of benzene rings is 19. The molecule has 138 heavy (non-hydrogen) atoms. The van der Waals surface area contributed by atoms with E-state index in [1.165, 1.54) is 16.3 Å². The lowest BCUT2D eigenvalue weighted by molar-refractivity contribution is 0.425. The third-order valence-electron chi connectivity index (χ3n) is 25.4. The van der Waals surface area contributed by atoms with Crippen molar-refractivity contribution >= 4 is 183 Å². The number of nitrogens with zero attached hydrogens (tertiary/aromatic N) is 8. The lowest BCUT2D eigenvalue weighted by Crippen LogP contribution is -2.30. The fourth-order valence-corrected chi connectivity index (χ4v) is 19.3. The summed E-state index contributed by atoms with van der Waals surface area (Å²) in [4.78, 5) is 14.5. The average molecular weight is 1790 g/mol. The van der Waals surface area contributed by atoms with Gasteiger partial charge in [0.05, 0.1) is 55.2 Å². The highest BCUT2D eigenvalue weighted by Gasteiger charge is 2.28. The summed E-state index contributed by atoms with van der Waals surface area (Å²) < 4.78 is 10.6. The van der Waals surface area contributed by atoms with E-state index in [0.717, 1.165) is 160 Å². The zero-order valence-electron chi connectivity index (χ0n) is 74.2. The quantitative estimate of drug-likeness (QED) is 0.0455. The molecule has 25 rings (SSSR count). The van der Waals surface area contributed by atoms with Crippen molar-refractivity contribution in [1.82, 2.24) is 37.8 Å². The number of hydrogen-bond acceptors (Lipinski definition) is 13. The molecule has 0 spiro atoms. The summed E-state index contributed by atoms with van der Waals surface area (Å²) in [5.74, 6) is 1.59. The highest BCUT2D eigenvalue weighted by atomic mass is 16.4. The lowest BCUT2D eigenvalue weighted by atomic mass is 9.77. The first kappa shape index (κ1) is 88.0. The summed E-state index contributed by atoms with van der Waals surface area (Å²) in [5.41, 5.74) is 22.8. The highest BCUT2D eigenvalue weighted by molar-refractivity contribution is 6.65. The van der Waals surface area contributed by atoms with E-state index in [9.17, 15) is 50.2 Å². The van der Waals surface area contributed by atoms with Crippen LogP contribution in [0.4, 0.5) is 0 Å². The zero-order chi connectivity index (χ0) is 94.0. The van der Waals surface area contributed by atoms with Crippen LogP contribution in [-0.4, -0.2) is 124 Å². The molecule has 0 atom stereocenters. The largest absolute Gasteiger partial charge is 0.489 e. The second-order valence-electron chi connectivity index (χ2n) is 33.5. The third kappa shape index (κ3) is 16.7. The van der Waals surface area contributed by atoms with E-state index in [2.05, 4.69) is 146 Å². The molecule has 19 aromatic carbocycles. The van der Waals surface area contributed by atoms with Gasteiger partial charge >= 0.3 is 35.6 Å². The minimum Gasteiger partial charge on any atom is -0.423 e. The molecule has 0 amide bonds. The van der Waals surface area contributed by atoms with Gasteiger partial charge < -0.3 is 68.5 Å². The predicted octanol–water partition coefficient (Wildman–Crippen LogP) is 18.3. The van der Waals surface area contributed by atoms with Crippen LogP contribution in [0.25, 0.3) is 194 Å². The summed E-state index contributed by atoms with van der Waals surface area (Å²) in [7, 11) is -7.61. The van der Waals surface area contributed by atoms with E-state index in [0.29, 0.717) is 44.9 Å². The van der Waals surface area contributed by atoms with Gasteiger partial charge in [-0.2, -0.15) is 9.97 Å². The number of aromatic nitrogens is 8. The molecule has 0 unspecified atom stereocenters. The van der Waals surface area contributed by atoms with Crippen molar-refractivity contribution in [2.75, 3.05) is 0 Å². The Labute approximate surface area is 794 Å². The van der Waals surface area contributed by atoms with Gasteiger partial charge in [0.15, 0.2) is 11.6 Å². The Morgan fingerprint density at radius 3 is 0.761 bits per heavy atom. The first-order valence-corrected chi connectivity index (χ1v) is 45.3. The van der Waals surface area contributed by atoms with E-state index in [1.807, 2.05) is 302 Å². The molecule has 23 heteroatoms. The molecule has 6 aromatic heterocycles. The average Bonchev–Trinajstić information content (AvgIpc) is 1.66. The van der Waals surface area contributed by atoms with Crippen LogP contribution in [0.3, 0.4) is 0 Å². The summed E-state index contributed by atoms with van der Waals surface area (Å²) in [5, 5.41) is 110. The number of para-hydroxylation sites is 6. The molecule has 0 aliphatic heterocycles. The summed E-state index contributed by atoms with van der Waals surface area (Å²) in [6.45, 7) is 0. The van der Waals surface area contributed by atoms with Gasteiger partial charge in [-0.3, -0.25) is 4.57 Å². The van der Waals surface area contributed by atoms with Crippen LogP contribution in [0.1, 0.15) is 0 Å². The Bertz CT molecular complexity index is 8730. The maximum absolute atomic E-state index is 10.1. The third-order valence-corrected chi connectivity index (χ3v) is 25.4. The van der Waals surface area contributed by atoms with Crippen molar-refractivity contribution in [2.45, 2.75) is 0 Å². The van der Waals surface area contributed by atoms with E-state index >= 15 is 0 Å². The zero-order valence-corrected chi connectivity index (χ0v) is 74.2. The van der Waals surface area contributed by atoms with Gasteiger partial charge in [-0.15, -0.1) is 0 Å². The van der Waals surface area contributed by atoms with Crippen molar-refractivity contribution in [2.24, 2.45) is 0 Å². The normalized spacial score (nSPS) is 11.3. The van der Waals surface area contributed by atoms with E-state index in [4.69, 9.17) is 15.0 Å². The highest BCUT2D eigenvalue weighted by Crippen LogP contribution is 2.40. The second kappa shape index (κ2) is 38.4. The molecule has 0 saturated carbocycles. The standard InChI is InChI=1S/C27H19BN4O2.2C24H18BNO2.C22H16BNO2.C18H14BNO2/c33-28(34)21-15-9-17-23-24(21)20-14-7-8-16-22(20)32(23)27-30-25(18-10-3-1-4-11-18)29-26(31-27)19-12-5-2-6-13-19;27-25(28)21-13-7-15-23-24(21)20-12-4-5-14-22(20)26(23)19-11-6-10-18(16-19)17-8-2-1-3-9-17;27-25(28)21-10-6-12-23-24(21)20-9-4-5-11-22(20)26(23)19-15-13-18(14-16-19)17-7-2-1-3-8-17;25-23(26)19-9-5-11-21-22(19)18-8-3-4-10-20(18)24(21)17-13-12-15-6-1-2-7-16(15)14-17;21-19(22)15-10-6-12-17-18(15)14-9-4-5-11-16(14)20(17)13-7-2-1-3-8-13/h1-17,33-34H;2*1-16,27-28H;1-14,25-26H;1-12,21-22H. The lowest BCUT2D eigenvalue weighted by Gasteiger charge is -2.11. The molecule has 0 radical (unpaired) electrons. The van der Waals surface area contributed by atoms with Crippen molar-refractivity contribution < 1.29 is 50.2 Å². The molecule has 0 saturated heterocycles. The van der Waals surface area contributed by atoms with Gasteiger partial charge in [0, 0.05) is 87.7 Å². The number of rotatable bonds is 14. The summed E-state index contributed by atoms with van der Waals surface area (Å²) in [6, 6.07) is 150. The van der Waals surface area contributed by atoms with Crippen LogP contribution in [0.2, 0.25) is 0 Å². The van der Waals surface area contributed by atoms with Gasteiger partial charge in [0.25, 0.3) is 0 Å². The van der Waals surface area contributed by atoms with Crippen LogP contribution in [0, 0.1) is 0 Å². The minimum atomic E-state index is -1.60. The number of hydrogen-bond donors (Lipinski definition) is 10. The van der Waals surface area contributed by atoms with Crippen molar-refractivity contribution in [1.29, 1.82) is 0 Å². The Morgan fingerprint density at radius 1 is 0.159 bits per heavy atom. The topological polar surface area (TPSA) is 266 Å². The molecular weight excluding hydrogens is 1710 g/mol. The minimum absolute atomic E-state index is 0.438. The maximum Gasteiger partial charge on any atom is 0.489 e. The van der Waals surface area contributed by atoms with Gasteiger partial charge in [-0.25, -0.2) is 4.98 Å². The van der Waals surface area contributed by atoms with E-state index in [1.54, 1.807) is 30.3 Å². The Balaban J connectivity index is 0.000000103. The first-order chi connectivity index (χ1) is 67.7. The molecule has 0 aliphatic rings.